The van der Waals surface area contributed by atoms with Crippen molar-refractivity contribution < 1.29 is 4.79 Å². The monoisotopic (exact) mass is 319 g/mol. The first kappa shape index (κ1) is 13.5. The largest absolute Gasteiger partial charge is 0.366 e. The Bertz CT molecular complexity index is 596. The highest BCUT2D eigenvalue weighted by molar-refractivity contribution is 9.10. The Kier molecular flexibility index (Phi) is 4.16. The number of aromatic nitrogens is 1. The van der Waals surface area contributed by atoms with Crippen LogP contribution in [0.1, 0.15) is 21.5 Å². The number of halogens is 1. The van der Waals surface area contributed by atoms with Gasteiger partial charge >= 0.3 is 0 Å². The predicted octanol–water partition coefficient (Wildman–Crippen LogP) is 2.86. The van der Waals surface area contributed by atoms with E-state index in [-0.39, 0.29) is 0 Å². The van der Waals surface area contributed by atoms with E-state index >= 15 is 0 Å². The molecule has 98 valence electrons. The van der Waals surface area contributed by atoms with Crippen LogP contribution in [0.15, 0.2) is 41.0 Å². The zero-order valence-corrected chi connectivity index (χ0v) is 12.1. The lowest BCUT2D eigenvalue weighted by molar-refractivity contribution is 0.100. The average molecular weight is 320 g/mol. The van der Waals surface area contributed by atoms with Crippen molar-refractivity contribution in [3.8, 4) is 0 Å². The van der Waals surface area contributed by atoms with Gasteiger partial charge in [-0.2, -0.15) is 0 Å². The van der Waals surface area contributed by atoms with Crippen LogP contribution in [-0.2, 0) is 6.54 Å². The second-order valence-corrected chi connectivity index (χ2v) is 5.15. The summed E-state index contributed by atoms with van der Waals surface area (Å²) in [5, 5.41) is 3.26. The Balaban J connectivity index is 2.04. The summed E-state index contributed by atoms with van der Waals surface area (Å²) in [6.07, 6.45) is 1.76. The van der Waals surface area contributed by atoms with E-state index < -0.39 is 5.91 Å². The maximum Gasteiger partial charge on any atom is 0.248 e. The summed E-state index contributed by atoms with van der Waals surface area (Å²) in [5.41, 5.74) is 7.85. The van der Waals surface area contributed by atoms with Crippen LogP contribution in [0.5, 0.6) is 0 Å². The van der Waals surface area contributed by atoms with Crippen LogP contribution in [0.2, 0.25) is 0 Å². The normalized spacial score (nSPS) is 10.2. The molecule has 0 bridgehead atoms. The molecule has 19 heavy (non-hydrogen) atoms. The van der Waals surface area contributed by atoms with Gasteiger partial charge in [0, 0.05) is 22.8 Å². The maximum atomic E-state index is 11.0. The number of rotatable bonds is 4. The molecular weight excluding hydrogens is 306 g/mol. The van der Waals surface area contributed by atoms with Gasteiger partial charge in [-0.15, -0.1) is 0 Å². The van der Waals surface area contributed by atoms with E-state index in [1.54, 1.807) is 18.3 Å². The van der Waals surface area contributed by atoms with Gasteiger partial charge in [0.25, 0.3) is 0 Å². The molecule has 4 nitrogen and oxygen atoms in total. The number of nitrogens with two attached hydrogens (primary N) is 1. The average Bonchev–Trinajstić information content (AvgIpc) is 2.38. The molecule has 0 saturated carbocycles. The van der Waals surface area contributed by atoms with E-state index in [9.17, 15) is 4.79 Å². The van der Waals surface area contributed by atoms with Crippen LogP contribution in [0, 0.1) is 6.92 Å². The quantitative estimate of drug-likeness (QED) is 0.910. The Morgan fingerprint density at radius 3 is 2.63 bits per heavy atom. The summed E-state index contributed by atoms with van der Waals surface area (Å²) in [6, 6.07) is 9.20. The first-order valence-electron chi connectivity index (χ1n) is 5.81. The van der Waals surface area contributed by atoms with E-state index in [1.165, 1.54) is 0 Å². The Labute approximate surface area is 120 Å². The van der Waals surface area contributed by atoms with Gasteiger partial charge in [-0.05, 0) is 52.2 Å². The Morgan fingerprint density at radius 2 is 2.05 bits per heavy atom. The topological polar surface area (TPSA) is 68.0 Å². The highest BCUT2D eigenvalue weighted by atomic mass is 79.9. The number of amides is 1. The van der Waals surface area contributed by atoms with Crippen LogP contribution in [0.25, 0.3) is 0 Å². The highest BCUT2D eigenvalue weighted by Gasteiger charge is 2.02. The molecule has 2 aromatic rings. The lowest BCUT2D eigenvalue weighted by atomic mass is 10.1. The standard InChI is InChI=1S/C14H14BrN3O/c1-9-6-12(15)8-18-14(9)17-7-10-2-4-11(5-3-10)13(16)19/h2-6,8H,7H2,1H3,(H2,16,19)(H,17,18). The molecule has 0 saturated heterocycles. The van der Waals surface area contributed by atoms with E-state index in [2.05, 4.69) is 26.2 Å². The number of nitrogens with zero attached hydrogens (tertiary/aromatic N) is 1. The summed E-state index contributed by atoms with van der Waals surface area (Å²) in [4.78, 5) is 15.3. The predicted molar refractivity (Wildman–Crippen MR) is 79.0 cm³/mol. The molecule has 3 N–H and O–H groups in total. The van der Waals surface area contributed by atoms with Crippen LogP contribution >= 0.6 is 15.9 Å². The lowest BCUT2D eigenvalue weighted by Crippen LogP contribution is -2.11. The number of aryl methyl sites for hydroxylation is 1. The van der Waals surface area contributed by atoms with Crippen molar-refractivity contribution in [1.29, 1.82) is 0 Å². The van der Waals surface area contributed by atoms with E-state index in [1.807, 2.05) is 25.1 Å². The molecule has 0 aliphatic heterocycles. The minimum absolute atomic E-state index is 0.412. The fourth-order valence-electron chi connectivity index (χ4n) is 1.70. The van der Waals surface area contributed by atoms with E-state index in [4.69, 9.17) is 5.73 Å². The molecular formula is C14H14BrN3O. The van der Waals surface area contributed by atoms with Crippen molar-refractivity contribution in [2.75, 3.05) is 5.32 Å². The fraction of sp³-hybridized carbons (Fsp3) is 0.143. The maximum absolute atomic E-state index is 11.0. The number of benzene rings is 1. The molecule has 1 aromatic heterocycles. The number of carbonyl (C=O) groups excluding carboxylic acids is 1. The molecule has 0 radical (unpaired) electrons. The summed E-state index contributed by atoms with van der Waals surface area (Å²) in [5.74, 6) is 0.437. The SMILES string of the molecule is Cc1cc(Br)cnc1NCc1ccc(C(N)=O)cc1. The zero-order valence-electron chi connectivity index (χ0n) is 10.5. The molecule has 1 heterocycles. The smallest absolute Gasteiger partial charge is 0.248 e. The van der Waals surface area contributed by atoms with E-state index in [0.29, 0.717) is 12.1 Å². The first-order valence-corrected chi connectivity index (χ1v) is 6.60. The Hall–Kier alpha value is -1.88. The van der Waals surface area contributed by atoms with Gasteiger partial charge in [-0.1, -0.05) is 12.1 Å². The second-order valence-electron chi connectivity index (χ2n) is 4.23. The van der Waals surface area contributed by atoms with Crippen molar-refractivity contribution in [3.63, 3.8) is 0 Å². The van der Waals surface area contributed by atoms with Crippen molar-refractivity contribution in [3.05, 3.63) is 57.7 Å². The molecule has 0 spiro atoms. The molecule has 0 atom stereocenters. The van der Waals surface area contributed by atoms with Crippen LogP contribution in [-0.4, -0.2) is 10.9 Å². The van der Waals surface area contributed by atoms with Gasteiger partial charge in [0.2, 0.25) is 5.91 Å². The molecule has 0 unspecified atom stereocenters. The third-order valence-electron chi connectivity index (χ3n) is 2.74. The fourth-order valence-corrected chi connectivity index (χ4v) is 2.14. The van der Waals surface area contributed by atoms with Crippen molar-refractivity contribution in [2.24, 2.45) is 5.73 Å². The van der Waals surface area contributed by atoms with E-state index in [0.717, 1.165) is 21.4 Å². The van der Waals surface area contributed by atoms with Gasteiger partial charge in [-0.3, -0.25) is 4.79 Å². The van der Waals surface area contributed by atoms with Crippen molar-refractivity contribution in [1.82, 2.24) is 4.98 Å². The number of hydrogen-bond acceptors (Lipinski definition) is 3. The summed E-state index contributed by atoms with van der Waals surface area (Å²) in [6.45, 7) is 2.64. The van der Waals surface area contributed by atoms with Crippen LogP contribution in [0.3, 0.4) is 0 Å². The Morgan fingerprint density at radius 1 is 1.37 bits per heavy atom. The van der Waals surface area contributed by atoms with Gasteiger partial charge in [-0.25, -0.2) is 4.98 Å². The van der Waals surface area contributed by atoms with Crippen molar-refractivity contribution in [2.45, 2.75) is 13.5 Å². The van der Waals surface area contributed by atoms with Gasteiger partial charge in [0.05, 0.1) is 0 Å². The third kappa shape index (κ3) is 3.54. The number of anilines is 1. The molecule has 1 amide bonds. The summed E-state index contributed by atoms with van der Waals surface area (Å²) in [7, 11) is 0. The third-order valence-corrected chi connectivity index (χ3v) is 3.18. The number of primary amides is 1. The molecule has 0 fully saturated rings. The summed E-state index contributed by atoms with van der Waals surface area (Å²) >= 11 is 3.38. The molecule has 1 aromatic carbocycles. The van der Waals surface area contributed by atoms with Crippen LogP contribution < -0.4 is 11.1 Å². The number of carbonyl (C=O) groups is 1. The van der Waals surface area contributed by atoms with Gasteiger partial charge in [0.15, 0.2) is 0 Å². The zero-order chi connectivity index (χ0) is 13.8. The first-order chi connectivity index (χ1) is 9.06. The van der Waals surface area contributed by atoms with Crippen molar-refractivity contribution >= 4 is 27.7 Å². The van der Waals surface area contributed by atoms with Crippen LogP contribution in [0.4, 0.5) is 5.82 Å². The van der Waals surface area contributed by atoms with Gasteiger partial charge in [0.1, 0.15) is 5.82 Å². The lowest BCUT2D eigenvalue weighted by Gasteiger charge is -2.09. The highest BCUT2D eigenvalue weighted by Crippen LogP contribution is 2.17. The molecule has 2 rings (SSSR count). The number of pyridine rings is 1. The minimum Gasteiger partial charge on any atom is -0.366 e. The second kappa shape index (κ2) is 5.84. The number of hydrogen-bond donors (Lipinski definition) is 2. The molecule has 0 aliphatic carbocycles. The number of nitrogens with one attached hydrogen (secondary N) is 1. The minimum atomic E-state index is -0.412. The molecule has 0 aliphatic rings. The summed E-state index contributed by atoms with van der Waals surface area (Å²) < 4.78 is 0.960. The van der Waals surface area contributed by atoms with Gasteiger partial charge < -0.3 is 11.1 Å². The molecule has 5 heteroatoms.